The van der Waals surface area contributed by atoms with E-state index in [1.54, 1.807) is 31.4 Å². The molecule has 88 valence electrons. The van der Waals surface area contributed by atoms with E-state index in [9.17, 15) is 4.79 Å². The van der Waals surface area contributed by atoms with E-state index < -0.39 is 0 Å². The predicted molar refractivity (Wildman–Crippen MR) is 68.0 cm³/mol. The van der Waals surface area contributed by atoms with Crippen LogP contribution in [0.2, 0.25) is 0 Å². The Morgan fingerprint density at radius 1 is 1.41 bits per heavy atom. The zero-order valence-corrected chi connectivity index (χ0v) is 10.8. The van der Waals surface area contributed by atoms with E-state index in [4.69, 9.17) is 4.74 Å². The van der Waals surface area contributed by atoms with E-state index in [2.05, 4.69) is 9.36 Å². The van der Waals surface area contributed by atoms with Crippen molar-refractivity contribution in [3.8, 4) is 5.75 Å². The van der Waals surface area contributed by atoms with Crippen LogP contribution in [0.5, 0.6) is 5.75 Å². The second-order valence-corrected chi connectivity index (χ2v) is 5.15. The molecule has 1 aromatic carbocycles. The number of Topliss-reactive ketones (excluding diaryl/α,β-unsaturated/α-hetero) is 1. The molecule has 4 nitrogen and oxygen atoms in total. The fraction of sp³-hybridized carbons (Fsp3) is 0.182. The Kier molecular flexibility index (Phi) is 4.11. The maximum atomic E-state index is 11.8. The topological polar surface area (TPSA) is 52.1 Å². The van der Waals surface area contributed by atoms with Gasteiger partial charge in [-0.15, -0.1) is 0 Å². The van der Waals surface area contributed by atoms with Crippen molar-refractivity contribution in [3.05, 3.63) is 36.2 Å². The Balaban J connectivity index is 1.95. The minimum absolute atomic E-state index is 0.0767. The minimum Gasteiger partial charge on any atom is -0.497 e. The molecule has 0 N–H and O–H groups in total. The van der Waals surface area contributed by atoms with Crippen LogP contribution in [0.25, 0.3) is 0 Å². The van der Waals surface area contributed by atoms with Gasteiger partial charge in [-0.25, -0.2) is 4.98 Å². The van der Waals surface area contributed by atoms with Gasteiger partial charge in [-0.3, -0.25) is 4.79 Å². The summed E-state index contributed by atoms with van der Waals surface area (Å²) < 4.78 is 9.72. The summed E-state index contributed by atoms with van der Waals surface area (Å²) in [6.45, 7) is 0. The van der Waals surface area contributed by atoms with E-state index in [1.807, 2.05) is 0 Å². The molecule has 0 radical (unpaired) electrons. The third-order valence-electron chi connectivity index (χ3n) is 2.08. The summed E-state index contributed by atoms with van der Waals surface area (Å²) in [6, 6.07) is 7.09. The highest BCUT2D eigenvalue weighted by Crippen LogP contribution is 2.20. The molecule has 0 aliphatic carbocycles. The van der Waals surface area contributed by atoms with Gasteiger partial charge in [0.25, 0.3) is 0 Å². The zero-order valence-electron chi connectivity index (χ0n) is 9.12. The smallest absolute Gasteiger partial charge is 0.173 e. The Labute approximate surface area is 107 Å². The van der Waals surface area contributed by atoms with Gasteiger partial charge >= 0.3 is 0 Å². The third-order valence-corrected chi connectivity index (χ3v) is 3.88. The summed E-state index contributed by atoms with van der Waals surface area (Å²) >= 11 is 2.70. The van der Waals surface area contributed by atoms with Gasteiger partial charge in [0.2, 0.25) is 0 Å². The highest BCUT2D eigenvalue weighted by Gasteiger charge is 2.08. The fourth-order valence-electron chi connectivity index (χ4n) is 1.21. The summed E-state index contributed by atoms with van der Waals surface area (Å²) in [7, 11) is 1.60. The van der Waals surface area contributed by atoms with E-state index in [-0.39, 0.29) is 5.78 Å². The Bertz CT molecular complexity index is 483. The lowest BCUT2D eigenvalue weighted by atomic mass is 10.1. The third kappa shape index (κ3) is 3.28. The van der Waals surface area contributed by atoms with Crippen LogP contribution in [0.3, 0.4) is 0 Å². The van der Waals surface area contributed by atoms with Gasteiger partial charge in [0.1, 0.15) is 12.1 Å². The quantitative estimate of drug-likeness (QED) is 0.615. The summed E-state index contributed by atoms with van der Waals surface area (Å²) in [5, 5.41) is 0. The van der Waals surface area contributed by atoms with Crippen molar-refractivity contribution in [3.63, 3.8) is 0 Å². The van der Waals surface area contributed by atoms with Crippen LogP contribution in [-0.4, -0.2) is 28.0 Å². The number of ketones is 1. The van der Waals surface area contributed by atoms with Crippen molar-refractivity contribution in [2.24, 2.45) is 0 Å². The Hall–Kier alpha value is -1.40. The molecule has 6 heteroatoms. The van der Waals surface area contributed by atoms with Gasteiger partial charge in [-0.1, -0.05) is 11.8 Å². The number of thioether (sulfide) groups is 1. The van der Waals surface area contributed by atoms with Gasteiger partial charge in [-0.05, 0) is 35.8 Å². The van der Waals surface area contributed by atoms with Gasteiger partial charge < -0.3 is 4.74 Å². The largest absolute Gasteiger partial charge is 0.497 e. The first-order valence-electron chi connectivity index (χ1n) is 4.86. The van der Waals surface area contributed by atoms with Crippen LogP contribution in [0.15, 0.2) is 34.9 Å². The molecule has 2 aromatic rings. The number of carbonyl (C=O) groups is 1. The maximum absolute atomic E-state index is 11.8. The van der Waals surface area contributed by atoms with Crippen LogP contribution < -0.4 is 4.74 Å². The first kappa shape index (κ1) is 12.1. The summed E-state index contributed by atoms with van der Waals surface area (Å²) in [4.78, 5) is 15.8. The maximum Gasteiger partial charge on any atom is 0.173 e. The number of rotatable bonds is 5. The van der Waals surface area contributed by atoms with Crippen molar-refractivity contribution in [2.75, 3.05) is 12.9 Å². The number of ether oxygens (including phenoxy) is 1. The standard InChI is InChI=1S/C11H10N2O2S2/c1-15-9-4-2-8(3-5-9)10(14)6-16-11-12-7-13-17-11/h2-5,7H,6H2,1H3. The van der Waals surface area contributed by atoms with Gasteiger partial charge in [0.15, 0.2) is 10.1 Å². The number of hydrogen-bond donors (Lipinski definition) is 0. The molecule has 0 saturated heterocycles. The molecule has 1 heterocycles. The average Bonchev–Trinajstić information content (AvgIpc) is 2.89. The van der Waals surface area contributed by atoms with E-state index >= 15 is 0 Å². The minimum atomic E-state index is 0.0767. The Morgan fingerprint density at radius 2 is 2.18 bits per heavy atom. The lowest BCUT2D eigenvalue weighted by Crippen LogP contribution is -2.01. The van der Waals surface area contributed by atoms with Gasteiger partial charge in [0, 0.05) is 5.56 Å². The molecule has 1 aromatic heterocycles. The summed E-state index contributed by atoms with van der Waals surface area (Å²) in [5.41, 5.74) is 0.683. The molecule has 0 spiro atoms. The molecule has 0 unspecified atom stereocenters. The molecule has 0 aliphatic rings. The molecule has 2 rings (SSSR count). The summed E-state index contributed by atoms with van der Waals surface area (Å²) in [5.74, 6) is 1.20. The Morgan fingerprint density at radius 3 is 2.76 bits per heavy atom. The van der Waals surface area contributed by atoms with Crippen LogP contribution in [0.4, 0.5) is 0 Å². The van der Waals surface area contributed by atoms with Crippen LogP contribution in [-0.2, 0) is 0 Å². The summed E-state index contributed by atoms with van der Waals surface area (Å²) in [6.07, 6.45) is 1.49. The normalized spacial score (nSPS) is 10.2. The van der Waals surface area contributed by atoms with E-state index in [0.717, 1.165) is 10.1 Å². The fourth-order valence-corrected chi connectivity index (χ4v) is 2.55. The number of benzene rings is 1. The predicted octanol–water partition coefficient (Wildman–Crippen LogP) is 2.52. The molecular formula is C11H10N2O2S2. The first-order valence-corrected chi connectivity index (χ1v) is 6.62. The molecule has 0 bridgehead atoms. The van der Waals surface area contributed by atoms with Crippen molar-refractivity contribution < 1.29 is 9.53 Å². The second-order valence-electron chi connectivity index (χ2n) is 3.15. The van der Waals surface area contributed by atoms with Crippen molar-refractivity contribution in [1.82, 2.24) is 9.36 Å². The monoisotopic (exact) mass is 266 g/mol. The number of nitrogens with zero attached hydrogens (tertiary/aromatic N) is 2. The number of aromatic nitrogens is 2. The highest BCUT2D eigenvalue weighted by atomic mass is 32.2. The van der Waals surface area contributed by atoms with E-state index in [1.165, 1.54) is 29.6 Å². The first-order chi connectivity index (χ1) is 8.29. The SMILES string of the molecule is COc1ccc(C(=O)CSc2ncns2)cc1. The second kappa shape index (κ2) is 5.79. The lowest BCUT2D eigenvalue weighted by Gasteiger charge is -2.01. The van der Waals surface area contributed by atoms with E-state index in [0.29, 0.717) is 11.3 Å². The molecule has 0 aliphatic heterocycles. The van der Waals surface area contributed by atoms with Crippen molar-refractivity contribution in [2.45, 2.75) is 4.34 Å². The van der Waals surface area contributed by atoms with Crippen molar-refractivity contribution in [1.29, 1.82) is 0 Å². The van der Waals surface area contributed by atoms with Crippen LogP contribution >= 0.6 is 23.3 Å². The molecule has 0 amide bonds. The van der Waals surface area contributed by atoms with Gasteiger partial charge in [0.05, 0.1) is 12.9 Å². The molecule has 0 fully saturated rings. The number of methoxy groups -OCH3 is 1. The molecular weight excluding hydrogens is 256 g/mol. The number of carbonyl (C=O) groups excluding carboxylic acids is 1. The molecule has 0 atom stereocenters. The van der Waals surface area contributed by atoms with Crippen molar-refractivity contribution >= 4 is 29.1 Å². The van der Waals surface area contributed by atoms with Gasteiger partial charge in [-0.2, -0.15) is 4.37 Å². The van der Waals surface area contributed by atoms with Crippen LogP contribution in [0.1, 0.15) is 10.4 Å². The number of hydrogen-bond acceptors (Lipinski definition) is 6. The zero-order chi connectivity index (χ0) is 12.1. The average molecular weight is 266 g/mol. The molecule has 0 saturated carbocycles. The van der Waals surface area contributed by atoms with Crippen LogP contribution in [0, 0.1) is 0 Å². The molecule has 17 heavy (non-hydrogen) atoms. The lowest BCUT2D eigenvalue weighted by molar-refractivity contribution is 0.102. The highest BCUT2D eigenvalue weighted by molar-refractivity contribution is 8.01.